The summed E-state index contributed by atoms with van der Waals surface area (Å²) in [6.45, 7) is 7.14. The zero-order valence-electron chi connectivity index (χ0n) is 15.0. The highest BCUT2D eigenvalue weighted by molar-refractivity contribution is 14.0. The number of rotatable bonds is 4. The summed E-state index contributed by atoms with van der Waals surface area (Å²) in [5, 5.41) is 4.38. The number of hydrogen-bond acceptors (Lipinski definition) is 4. The summed E-state index contributed by atoms with van der Waals surface area (Å²) in [5.41, 5.74) is 0.183. The third-order valence-corrected chi connectivity index (χ3v) is 6.43. The Kier molecular flexibility index (Phi) is 9.55. The largest absolute Gasteiger partial charge is 0.381 e. The summed E-state index contributed by atoms with van der Waals surface area (Å²) in [7, 11) is 6.26. The molecular formula is C16H33IN4OS. The number of aliphatic imine (C=N–C) groups is 1. The number of ether oxygens (including phenoxy) is 1. The predicted octanol–water partition coefficient (Wildman–Crippen LogP) is 2.12. The van der Waals surface area contributed by atoms with Gasteiger partial charge in [0.05, 0.1) is 0 Å². The van der Waals surface area contributed by atoms with Gasteiger partial charge < -0.3 is 19.9 Å². The topological polar surface area (TPSA) is 40.1 Å². The molecule has 0 amide bonds. The average molecular weight is 456 g/mol. The number of likely N-dealkylation sites (N-methyl/N-ethyl adjacent to an activating group) is 1. The lowest BCUT2D eigenvalue weighted by Gasteiger charge is -2.44. The van der Waals surface area contributed by atoms with E-state index in [0.717, 1.165) is 56.9 Å². The molecule has 0 spiro atoms. The minimum Gasteiger partial charge on any atom is -0.381 e. The van der Waals surface area contributed by atoms with Gasteiger partial charge in [0.1, 0.15) is 0 Å². The summed E-state index contributed by atoms with van der Waals surface area (Å²) >= 11 is 2.10. The Hall–Kier alpha value is 0.270. The SMILES string of the molecule is CCC1CN(C(=NC)NCC2(N(C)C)CCOCC2)CCS1.I. The van der Waals surface area contributed by atoms with Crippen molar-refractivity contribution < 1.29 is 4.74 Å². The first-order valence-electron chi connectivity index (χ1n) is 8.43. The van der Waals surface area contributed by atoms with Crippen LogP contribution in [0, 0.1) is 0 Å². The fourth-order valence-electron chi connectivity index (χ4n) is 3.27. The molecule has 7 heteroatoms. The number of nitrogens with one attached hydrogen (secondary N) is 1. The normalized spacial score (nSPS) is 25.2. The lowest BCUT2D eigenvalue weighted by atomic mass is 9.88. The molecule has 1 atom stereocenters. The van der Waals surface area contributed by atoms with Gasteiger partial charge in [0, 0.05) is 56.4 Å². The van der Waals surface area contributed by atoms with E-state index in [2.05, 4.69) is 52.9 Å². The highest BCUT2D eigenvalue weighted by Crippen LogP contribution is 2.25. The van der Waals surface area contributed by atoms with Crippen LogP contribution in [0.4, 0.5) is 0 Å². The van der Waals surface area contributed by atoms with Crippen molar-refractivity contribution in [3.63, 3.8) is 0 Å². The van der Waals surface area contributed by atoms with Gasteiger partial charge in [-0.25, -0.2) is 0 Å². The number of guanidine groups is 1. The molecule has 1 unspecified atom stereocenters. The molecule has 2 heterocycles. The van der Waals surface area contributed by atoms with Crippen LogP contribution in [0.3, 0.4) is 0 Å². The van der Waals surface area contributed by atoms with Crippen LogP contribution in [0.1, 0.15) is 26.2 Å². The second kappa shape index (κ2) is 10.3. The number of thioether (sulfide) groups is 1. The number of hydrogen-bond donors (Lipinski definition) is 1. The maximum absolute atomic E-state index is 5.56. The van der Waals surface area contributed by atoms with Crippen molar-refractivity contribution >= 4 is 41.7 Å². The molecule has 0 aromatic carbocycles. The van der Waals surface area contributed by atoms with Crippen molar-refractivity contribution in [1.82, 2.24) is 15.1 Å². The lowest BCUT2D eigenvalue weighted by Crippen LogP contribution is -2.58. The third kappa shape index (κ3) is 5.64. The van der Waals surface area contributed by atoms with E-state index in [0.29, 0.717) is 0 Å². The maximum Gasteiger partial charge on any atom is 0.193 e. The van der Waals surface area contributed by atoms with E-state index in [1.165, 1.54) is 12.2 Å². The van der Waals surface area contributed by atoms with Crippen molar-refractivity contribution in [2.24, 2.45) is 4.99 Å². The van der Waals surface area contributed by atoms with Gasteiger partial charge in [-0.3, -0.25) is 4.99 Å². The molecule has 5 nitrogen and oxygen atoms in total. The van der Waals surface area contributed by atoms with E-state index in [4.69, 9.17) is 4.74 Å². The Bertz CT molecular complexity index is 375. The van der Waals surface area contributed by atoms with Crippen molar-refractivity contribution in [1.29, 1.82) is 0 Å². The molecule has 0 saturated carbocycles. The van der Waals surface area contributed by atoms with Gasteiger partial charge >= 0.3 is 0 Å². The van der Waals surface area contributed by atoms with E-state index in [-0.39, 0.29) is 29.5 Å². The third-order valence-electron chi connectivity index (χ3n) is 5.05. The molecule has 23 heavy (non-hydrogen) atoms. The fourth-order valence-corrected chi connectivity index (χ4v) is 4.45. The van der Waals surface area contributed by atoms with Crippen LogP contribution >= 0.6 is 35.7 Å². The highest BCUT2D eigenvalue weighted by Gasteiger charge is 2.35. The zero-order chi connectivity index (χ0) is 16.0. The molecule has 2 aliphatic heterocycles. The van der Waals surface area contributed by atoms with Crippen molar-refractivity contribution in [3.05, 3.63) is 0 Å². The second-order valence-electron chi connectivity index (χ2n) is 6.48. The molecule has 0 aromatic heterocycles. The molecule has 2 saturated heterocycles. The average Bonchev–Trinajstić information content (AvgIpc) is 2.56. The van der Waals surface area contributed by atoms with E-state index >= 15 is 0 Å². The fraction of sp³-hybridized carbons (Fsp3) is 0.938. The molecule has 0 aliphatic carbocycles. The summed E-state index contributed by atoms with van der Waals surface area (Å²) in [5.74, 6) is 2.26. The van der Waals surface area contributed by atoms with Gasteiger partial charge in [-0.1, -0.05) is 6.92 Å². The van der Waals surface area contributed by atoms with Crippen LogP contribution in [0.5, 0.6) is 0 Å². The van der Waals surface area contributed by atoms with Gasteiger partial charge in [0.2, 0.25) is 0 Å². The van der Waals surface area contributed by atoms with E-state index in [1.54, 1.807) is 0 Å². The van der Waals surface area contributed by atoms with Crippen molar-refractivity contribution in [3.8, 4) is 0 Å². The van der Waals surface area contributed by atoms with Crippen molar-refractivity contribution in [2.75, 3.05) is 59.7 Å². The molecule has 2 aliphatic rings. The van der Waals surface area contributed by atoms with Gasteiger partial charge in [0.25, 0.3) is 0 Å². The summed E-state index contributed by atoms with van der Waals surface area (Å²) in [4.78, 5) is 9.31. The number of nitrogens with zero attached hydrogens (tertiary/aromatic N) is 3. The highest BCUT2D eigenvalue weighted by atomic mass is 127. The smallest absolute Gasteiger partial charge is 0.193 e. The molecule has 0 bridgehead atoms. The van der Waals surface area contributed by atoms with Crippen LogP contribution in [-0.4, -0.2) is 86.3 Å². The quantitative estimate of drug-likeness (QED) is 0.399. The molecule has 136 valence electrons. The van der Waals surface area contributed by atoms with Crippen molar-refractivity contribution in [2.45, 2.75) is 37.0 Å². The first-order chi connectivity index (χ1) is 10.6. The Morgan fingerprint density at radius 1 is 1.39 bits per heavy atom. The molecule has 2 rings (SSSR count). The summed E-state index contributed by atoms with van der Waals surface area (Å²) < 4.78 is 5.56. The minimum absolute atomic E-state index is 0. The number of halogens is 1. The summed E-state index contributed by atoms with van der Waals surface area (Å²) in [6, 6.07) is 0. The molecule has 1 N–H and O–H groups in total. The molecule has 0 aromatic rings. The second-order valence-corrected chi connectivity index (χ2v) is 7.89. The van der Waals surface area contributed by atoms with Crippen LogP contribution in [0.2, 0.25) is 0 Å². The standard InChI is InChI=1S/C16H32N4OS.HI/c1-5-14-12-20(8-11-22-14)15(17-2)18-13-16(19(3)4)6-9-21-10-7-16;/h14H,5-13H2,1-4H3,(H,17,18);1H. The van der Waals surface area contributed by atoms with E-state index in [1.807, 2.05) is 7.05 Å². The van der Waals surface area contributed by atoms with Gasteiger partial charge in [-0.15, -0.1) is 24.0 Å². The van der Waals surface area contributed by atoms with E-state index < -0.39 is 0 Å². The van der Waals surface area contributed by atoms with E-state index in [9.17, 15) is 0 Å². The first-order valence-corrected chi connectivity index (χ1v) is 9.48. The van der Waals surface area contributed by atoms with Crippen LogP contribution in [-0.2, 0) is 4.74 Å². The van der Waals surface area contributed by atoms with Gasteiger partial charge in [-0.05, 0) is 33.4 Å². The maximum atomic E-state index is 5.56. The monoisotopic (exact) mass is 456 g/mol. The lowest BCUT2D eigenvalue weighted by molar-refractivity contribution is -0.00525. The Morgan fingerprint density at radius 2 is 2.09 bits per heavy atom. The molecular weight excluding hydrogens is 423 g/mol. The Morgan fingerprint density at radius 3 is 2.65 bits per heavy atom. The molecule has 2 fully saturated rings. The minimum atomic E-state index is 0. The van der Waals surface area contributed by atoms with Crippen LogP contribution < -0.4 is 5.32 Å². The predicted molar refractivity (Wildman–Crippen MR) is 111 cm³/mol. The summed E-state index contributed by atoms with van der Waals surface area (Å²) in [6.07, 6.45) is 3.39. The van der Waals surface area contributed by atoms with Gasteiger partial charge in [0.15, 0.2) is 5.96 Å². The van der Waals surface area contributed by atoms with Gasteiger partial charge in [-0.2, -0.15) is 11.8 Å². The first kappa shape index (κ1) is 21.3. The zero-order valence-corrected chi connectivity index (χ0v) is 18.2. The Labute approximate surface area is 163 Å². The van der Waals surface area contributed by atoms with Crippen LogP contribution in [0.25, 0.3) is 0 Å². The Balaban J connectivity index is 0.00000264. The van der Waals surface area contributed by atoms with Crippen LogP contribution in [0.15, 0.2) is 4.99 Å². The molecule has 0 radical (unpaired) electrons.